The Bertz CT molecular complexity index is 975. The van der Waals surface area contributed by atoms with Crippen molar-refractivity contribution in [2.45, 2.75) is 49.5 Å². The van der Waals surface area contributed by atoms with Gasteiger partial charge in [-0.2, -0.15) is 0 Å². The highest BCUT2D eigenvalue weighted by atomic mass is 16.3. The van der Waals surface area contributed by atoms with Crippen molar-refractivity contribution in [3.8, 4) is 0 Å². The van der Waals surface area contributed by atoms with Gasteiger partial charge in [-0.05, 0) is 35.1 Å². The molecule has 1 saturated heterocycles. The first kappa shape index (κ1) is 17.4. The van der Waals surface area contributed by atoms with Crippen molar-refractivity contribution in [2.75, 3.05) is 6.61 Å². The molecule has 2 bridgehead atoms. The van der Waals surface area contributed by atoms with Crippen LogP contribution in [0.15, 0.2) is 48.5 Å². The highest BCUT2D eigenvalue weighted by Crippen LogP contribution is 2.64. The number of nitrogens with zero attached hydrogens (tertiary/aromatic N) is 1. The van der Waals surface area contributed by atoms with E-state index in [1.54, 1.807) is 4.90 Å². The van der Waals surface area contributed by atoms with Crippen molar-refractivity contribution in [3.63, 3.8) is 0 Å². The highest BCUT2D eigenvalue weighted by molar-refractivity contribution is 6.08. The van der Waals surface area contributed by atoms with Gasteiger partial charge in [0, 0.05) is 12.0 Å². The summed E-state index contributed by atoms with van der Waals surface area (Å²) in [7, 11) is 0. The molecular formula is C25H25NO3. The molecule has 4 aliphatic carbocycles. The monoisotopic (exact) mass is 387 g/mol. The Morgan fingerprint density at radius 2 is 1.45 bits per heavy atom. The van der Waals surface area contributed by atoms with Crippen molar-refractivity contribution in [1.29, 1.82) is 0 Å². The van der Waals surface area contributed by atoms with E-state index in [-0.39, 0.29) is 30.4 Å². The first-order chi connectivity index (χ1) is 14.2. The van der Waals surface area contributed by atoms with Crippen molar-refractivity contribution in [1.82, 2.24) is 4.90 Å². The largest absolute Gasteiger partial charge is 0.395 e. The minimum atomic E-state index is -0.831. The molecule has 2 fully saturated rings. The number of aliphatic hydroxyl groups excluding tert-OH is 1. The fourth-order valence-corrected chi connectivity index (χ4v) is 6.92. The van der Waals surface area contributed by atoms with E-state index in [4.69, 9.17) is 0 Å². The maximum Gasteiger partial charge on any atom is 0.234 e. The fourth-order valence-electron chi connectivity index (χ4n) is 6.92. The molecule has 1 heterocycles. The third-order valence-corrected chi connectivity index (χ3v) is 8.02. The smallest absolute Gasteiger partial charge is 0.234 e. The van der Waals surface area contributed by atoms with Gasteiger partial charge in [0.15, 0.2) is 0 Å². The molecule has 2 aromatic rings. The molecule has 1 saturated carbocycles. The molecule has 7 rings (SSSR count). The molecule has 0 radical (unpaired) electrons. The number of imide groups is 1. The maximum absolute atomic E-state index is 13.8. The number of carbonyl (C=O) groups excluding carboxylic acids is 2. The molecule has 2 aromatic carbocycles. The number of hydrogen-bond donors (Lipinski definition) is 1. The van der Waals surface area contributed by atoms with E-state index in [0.29, 0.717) is 0 Å². The zero-order chi connectivity index (χ0) is 19.8. The predicted molar refractivity (Wildman–Crippen MR) is 108 cm³/mol. The molecule has 5 aliphatic rings. The van der Waals surface area contributed by atoms with Gasteiger partial charge in [0.25, 0.3) is 0 Å². The second-order valence-corrected chi connectivity index (χ2v) is 9.12. The van der Waals surface area contributed by atoms with Crippen molar-refractivity contribution in [2.24, 2.45) is 11.8 Å². The summed E-state index contributed by atoms with van der Waals surface area (Å²) in [6.45, 7) is -0.160. The molecule has 2 unspecified atom stereocenters. The third-order valence-electron chi connectivity index (χ3n) is 8.02. The average Bonchev–Trinajstić information content (AvgIpc) is 3.05. The van der Waals surface area contributed by atoms with Gasteiger partial charge < -0.3 is 5.11 Å². The standard InChI is InChI=1S/C25H25NO3/c27-14-25-18-12-6-4-10-16(18)20(17-11-5-7-13-19(17)25)21-22(25)24(29)26(23(21)28)15-8-2-1-3-9-15/h4-7,10-13,15,20-22,27H,1-3,8-9,14H2. The van der Waals surface area contributed by atoms with Crippen LogP contribution in [0.2, 0.25) is 0 Å². The van der Waals surface area contributed by atoms with Gasteiger partial charge in [0.2, 0.25) is 11.8 Å². The van der Waals surface area contributed by atoms with Gasteiger partial charge in [0.05, 0.1) is 23.9 Å². The normalized spacial score (nSPS) is 32.9. The maximum atomic E-state index is 13.8. The minimum absolute atomic E-state index is 0.0151. The number of hydrogen-bond acceptors (Lipinski definition) is 3. The number of aliphatic hydroxyl groups is 1. The van der Waals surface area contributed by atoms with Crippen LogP contribution < -0.4 is 0 Å². The van der Waals surface area contributed by atoms with Crippen LogP contribution in [0.5, 0.6) is 0 Å². The number of rotatable bonds is 2. The van der Waals surface area contributed by atoms with E-state index < -0.39 is 17.3 Å². The highest BCUT2D eigenvalue weighted by Gasteiger charge is 2.68. The summed E-state index contributed by atoms with van der Waals surface area (Å²) in [5.74, 6) is -1.09. The zero-order valence-corrected chi connectivity index (χ0v) is 16.4. The Hall–Kier alpha value is -2.46. The lowest BCUT2D eigenvalue weighted by Gasteiger charge is -2.53. The van der Waals surface area contributed by atoms with Gasteiger partial charge in [-0.25, -0.2) is 0 Å². The minimum Gasteiger partial charge on any atom is -0.395 e. The Morgan fingerprint density at radius 3 is 2.03 bits per heavy atom. The Balaban J connectivity index is 1.60. The van der Waals surface area contributed by atoms with Gasteiger partial charge in [-0.1, -0.05) is 67.8 Å². The molecule has 0 aromatic heterocycles. The summed E-state index contributed by atoms with van der Waals surface area (Å²) >= 11 is 0. The molecule has 2 atom stereocenters. The summed E-state index contributed by atoms with van der Waals surface area (Å²) < 4.78 is 0. The molecule has 1 aliphatic heterocycles. The lowest BCUT2D eigenvalue weighted by Crippen LogP contribution is -2.55. The summed E-state index contributed by atoms with van der Waals surface area (Å²) in [5.41, 5.74) is 3.43. The summed E-state index contributed by atoms with van der Waals surface area (Å²) in [6, 6.07) is 16.2. The molecule has 4 heteroatoms. The number of benzene rings is 2. The quantitative estimate of drug-likeness (QED) is 0.804. The average molecular weight is 387 g/mol. The molecular weight excluding hydrogens is 362 g/mol. The predicted octanol–water partition coefficient (Wildman–Crippen LogP) is 3.36. The van der Waals surface area contributed by atoms with Gasteiger partial charge >= 0.3 is 0 Å². The van der Waals surface area contributed by atoms with Crippen LogP contribution in [0.25, 0.3) is 0 Å². The first-order valence-corrected chi connectivity index (χ1v) is 10.9. The van der Waals surface area contributed by atoms with Crippen LogP contribution in [0.1, 0.15) is 60.3 Å². The van der Waals surface area contributed by atoms with Gasteiger partial charge in [0.1, 0.15) is 0 Å². The van der Waals surface area contributed by atoms with Crippen LogP contribution in [0.3, 0.4) is 0 Å². The molecule has 1 N–H and O–H groups in total. The van der Waals surface area contributed by atoms with E-state index in [9.17, 15) is 14.7 Å². The van der Waals surface area contributed by atoms with Crippen LogP contribution >= 0.6 is 0 Å². The van der Waals surface area contributed by atoms with Crippen LogP contribution in [0, 0.1) is 11.8 Å². The van der Waals surface area contributed by atoms with Gasteiger partial charge in [-0.3, -0.25) is 14.5 Å². The van der Waals surface area contributed by atoms with Gasteiger partial charge in [-0.15, -0.1) is 0 Å². The second kappa shape index (κ2) is 6.02. The number of likely N-dealkylation sites (tertiary alicyclic amines) is 1. The Labute approximate surface area is 170 Å². The molecule has 148 valence electrons. The van der Waals surface area contributed by atoms with Crippen LogP contribution in [-0.4, -0.2) is 34.5 Å². The number of amides is 2. The van der Waals surface area contributed by atoms with Crippen molar-refractivity contribution < 1.29 is 14.7 Å². The molecule has 2 amide bonds. The first-order valence-electron chi connectivity index (χ1n) is 10.9. The van der Waals surface area contributed by atoms with E-state index >= 15 is 0 Å². The van der Waals surface area contributed by atoms with Crippen molar-refractivity contribution in [3.05, 3.63) is 70.8 Å². The lowest BCUT2D eigenvalue weighted by atomic mass is 9.47. The molecule has 29 heavy (non-hydrogen) atoms. The van der Waals surface area contributed by atoms with E-state index in [2.05, 4.69) is 12.1 Å². The summed E-state index contributed by atoms with van der Waals surface area (Å²) in [6.07, 6.45) is 5.15. The summed E-state index contributed by atoms with van der Waals surface area (Å²) in [5, 5.41) is 10.8. The van der Waals surface area contributed by atoms with Crippen molar-refractivity contribution >= 4 is 11.8 Å². The second-order valence-electron chi connectivity index (χ2n) is 9.12. The zero-order valence-electron chi connectivity index (χ0n) is 16.4. The Kier molecular flexibility index (Phi) is 3.61. The van der Waals surface area contributed by atoms with E-state index in [1.807, 2.05) is 36.4 Å². The van der Waals surface area contributed by atoms with Crippen LogP contribution in [0.4, 0.5) is 0 Å². The molecule has 4 nitrogen and oxygen atoms in total. The molecule has 0 spiro atoms. The SMILES string of the molecule is O=C1C2C3c4ccccc4C(CO)(c4ccccc43)C2C(=O)N1C1CCCCC1. The third kappa shape index (κ3) is 1.98. The Morgan fingerprint density at radius 1 is 0.862 bits per heavy atom. The number of carbonyl (C=O) groups is 2. The summed E-state index contributed by atoms with van der Waals surface area (Å²) in [4.78, 5) is 29.2. The fraction of sp³-hybridized carbons (Fsp3) is 0.440. The van der Waals surface area contributed by atoms with E-state index in [1.165, 1.54) is 6.42 Å². The van der Waals surface area contributed by atoms with Crippen LogP contribution in [-0.2, 0) is 15.0 Å². The van der Waals surface area contributed by atoms with E-state index in [0.717, 1.165) is 47.9 Å². The lowest BCUT2D eigenvalue weighted by molar-refractivity contribution is -0.143. The topological polar surface area (TPSA) is 57.6 Å².